The van der Waals surface area contributed by atoms with Crippen molar-refractivity contribution in [2.75, 3.05) is 12.9 Å². The maximum Gasteiger partial charge on any atom is 0.227 e. The van der Waals surface area contributed by atoms with E-state index in [0.717, 1.165) is 37.3 Å². The van der Waals surface area contributed by atoms with Crippen LogP contribution in [0.15, 0.2) is 23.7 Å². The fourth-order valence-corrected chi connectivity index (χ4v) is 4.25. The summed E-state index contributed by atoms with van der Waals surface area (Å²) in [5, 5.41) is 4.36. The highest BCUT2D eigenvalue weighted by atomic mass is 32.2. The third kappa shape index (κ3) is 4.97. The van der Waals surface area contributed by atoms with Crippen LogP contribution in [-0.4, -0.2) is 57.7 Å². The van der Waals surface area contributed by atoms with E-state index in [-0.39, 0.29) is 17.3 Å². The van der Waals surface area contributed by atoms with Gasteiger partial charge in [-0.3, -0.25) is 9.58 Å². The normalized spacial score (nSPS) is 18.1. The maximum absolute atomic E-state index is 12.2. The molecule has 9 heteroatoms. The molecule has 150 valence electrons. The van der Waals surface area contributed by atoms with Crippen molar-refractivity contribution in [3.8, 4) is 0 Å². The molecule has 8 nitrogen and oxygen atoms in total. The van der Waals surface area contributed by atoms with Gasteiger partial charge >= 0.3 is 0 Å². The van der Waals surface area contributed by atoms with Crippen LogP contribution in [0, 0.1) is 0 Å². The molecule has 1 fully saturated rings. The molecular formula is C18H29N5O3S. The lowest BCUT2D eigenvalue weighted by molar-refractivity contribution is 0.0927. The second-order valence-corrected chi connectivity index (χ2v) is 9.48. The Balaban J connectivity index is 1.85. The average Bonchev–Trinajstić information content (AvgIpc) is 3.29. The molecule has 0 N–H and O–H groups in total. The second kappa shape index (κ2) is 8.12. The third-order valence-electron chi connectivity index (χ3n) is 4.88. The van der Waals surface area contributed by atoms with Crippen molar-refractivity contribution in [2.45, 2.75) is 63.6 Å². The van der Waals surface area contributed by atoms with Crippen LogP contribution in [0.4, 0.5) is 0 Å². The summed E-state index contributed by atoms with van der Waals surface area (Å²) >= 11 is 0. The lowest BCUT2D eigenvalue weighted by Crippen LogP contribution is -2.31. The summed E-state index contributed by atoms with van der Waals surface area (Å²) < 4.78 is 33.8. The smallest absolute Gasteiger partial charge is 0.227 e. The summed E-state index contributed by atoms with van der Waals surface area (Å²) in [5.74, 6) is 0. The Morgan fingerprint density at radius 1 is 1.33 bits per heavy atom. The highest BCUT2D eigenvalue weighted by Crippen LogP contribution is 2.21. The number of aryl methyl sites for hydroxylation is 1. The zero-order valence-corrected chi connectivity index (χ0v) is 17.3. The van der Waals surface area contributed by atoms with Crippen LogP contribution in [0.1, 0.15) is 37.9 Å². The van der Waals surface area contributed by atoms with Crippen LogP contribution in [0.2, 0.25) is 0 Å². The molecule has 0 saturated carbocycles. The quantitative estimate of drug-likeness (QED) is 0.675. The summed E-state index contributed by atoms with van der Waals surface area (Å²) in [7, 11) is -1.50. The minimum absolute atomic E-state index is 0.0456. The van der Waals surface area contributed by atoms with Gasteiger partial charge in [0.15, 0.2) is 0 Å². The third-order valence-corrected chi connectivity index (χ3v) is 5.87. The van der Waals surface area contributed by atoms with Crippen LogP contribution in [-0.2, 0) is 41.3 Å². The SMILES string of the molecule is CC(C)N(Cc1cnn(C)c1)Cc1cnc(S(C)(=O)=O)n1CC1CCCO1. The van der Waals surface area contributed by atoms with Gasteiger partial charge in [0, 0.05) is 50.8 Å². The molecule has 0 radical (unpaired) electrons. The van der Waals surface area contributed by atoms with Gasteiger partial charge in [0.05, 0.1) is 30.7 Å². The number of hydrogen-bond donors (Lipinski definition) is 0. The number of aromatic nitrogens is 4. The molecule has 1 aliphatic heterocycles. The first-order valence-corrected chi connectivity index (χ1v) is 11.2. The fraction of sp³-hybridized carbons (Fsp3) is 0.667. The first-order valence-electron chi connectivity index (χ1n) is 9.31. The van der Waals surface area contributed by atoms with E-state index in [0.29, 0.717) is 13.1 Å². The van der Waals surface area contributed by atoms with Gasteiger partial charge < -0.3 is 9.30 Å². The predicted octanol–water partition coefficient (Wildman–Crippen LogP) is 1.61. The second-order valence-electron chi connectivity index (χ2n) is 7.57. The summed E-state index contributed by atoms with van der Waals surface area (Å²) in [6.45, 7) is 6.88. The van der Waals surface area contributed by atoms with Crippen molar-refractivity contribution in [2.24, 2.45) is 7.05 Å². The van der Waals surface area contributed by atoms with E-state index in [1.807, 2.05) is 24.0 Å². The van der Waals surface area contributed by atoms with E-state index >= 15 is 0 Å². The highest BCUT2D eigenvalue weighted by molar-refractivity contribution is 7.90. The summed E-state index contributed by atoms with van der Waals surface area (Å²) in [5.41, 5.74) is 2.02. The number of imidazole rings is 1. The van der Waals surface area contributed by atoms with Gasteiger partial charge in [0.25, 0.3) is 0 Å². The summed E-state index contributed by atoms with van der Waals surface area (Å²) in [6, 6.07) is 0.290. The van der Waals surface area contributed by atoms with Crippen molar-refractivity contribution in [1.29, 1.82) is 0 Å². The lowest BCUT2D eigenvalue weighted by Gasteiger charge is -2.27. The summed E-state index contributed by atoms with van der Waals surface area (Å²) in [4.78, 5) is 6.51. The van der Waals surface area contributed by atoms with Crippen LogP contribution >= 0.6 is 0 Å². The molecular weight excluding hydrogens is 366 g/mol. The Kier molecular flexibility index (Phi) is 6.02. The molecule has 1 saturated heterocycles. The van der Waals surface area contributed by atoms with Crippen molar-refractivity contribution < 1.29 is 13.2 Å². The van der Waals surface area contributed by atoms with Crippen molar-refractivity contribution in [3.63, 3.8) is 0 Å². The molecule has 1 aliphatic rings. The topological polar surface area (TPSA) is 82.3 Å². The van der Waals surface area contributed by atoms with Crippen LogP contribution < -0.4 is 0 Å². The van der Waals surface area contributed by atoms with Crippen LogP contribution in [0.3, 0.4) is 0 Å². The van der Waals surface area contributed by atoms with E-state index < -0.39 is 9.84 Å². The van der Waals surface area contributed by atoms with Crippen molar-refractivity contribution in [1.82, 2.24) is 24.2 Å². The predicted molar refractivity (Wildman–Crippen MR) is 102 cm³/mol. The Morgan fingerprint density at radius 2 is 2.11 bits per heavy atom. The molecule has 0 aliphatic carbocycles. The first kappa shape index (κ1) is 20.0. The van der Waals surface area contributed by atoms with Gasteiger partial charge in [0.1, 0.15) is 0 Å². The molecule has 1 atom stereocenters. The number of sulfone groups is 1. The Labute approximate surface area is 161 Å². The largest absolute Gasteiger partial charge is 0.376 e. The maximum atomic E-state index is 12.2. The monoisotopic (exact) mass is 395 g/mol. The molecule has 0 spiro atoms. The average molecular weight is 396 g/mol. The Hall–Kier alpha value is -1.71. The minimum atomic E-state index is -3.40. The standard InChI is InChI=1S/C18H29N5O3S/c1-14(2)22(11-15-8-20-21(3)10-15)12-16-9-19-18(27(4,24)25)23(16)13-17-6-5-7-26-17/h8-10,14,17H,5-7,11-13H2,1-4H3. The zero-order valence-electron chi connectivity index (χ0n) is 16.5. The van der Waals surface area contributed by atoms with Gasteiger partial charge in [-0.25, -0.2) is 13.4 Å². The molecule has 0 amide bonds. The summed E-state index contributed by atoms with van der Waals surface area (Å²) in [6.07, 6.45) is 8.77. The zero-order chi connectivity index (χ0) is 19.6. The van der Waals surface area contributed by atoms with Gasteiger partial charge in [0.2, 0.25) is 15.0 Å². The lowest BCUT2D eigenvalue weighted by atomic mass is 10.2. The molecule has 3 heterocycles. The van der Waals surface area contributed by atoms with E-state index in [1.165, 1.54) is 6.26 Å². The fourth-order valence-electron chi connectivity index (χ4n) is 3.42. The molecule has 2 aromatic heterocycles. The molecule has 0 aromatic carbocycles. The molecule has 0 bridgehead atoms. The van der Waals surface area contributed by atoms with Gasteiger partial charge in [-0.15, -0.1) is 0 Å². The van der Waals surface area contributed by atoms with Crippen LogP contribution in [0.5, 0.6) is 0 Å². The number of ether oxygens (including phenoxy) is 1. The Morgan fingerprint density at radius 3 is 2.67 bits per heavy atom. The van der Waals surface area contributed by atoms with E-state index in [4.69, 9.17) is 4.74 Å². The minimum Gasteiger partial charge on any atom is -0.376 e. The molecule has 2 aromatic rings. The van der Waals surface area contributed by atoms with Crippen LogP contribution in [0.25, 0.3) is 0 Å². The molecule has 1 unspecified atom stereocenters. The molecule has 27 heavy (non-hydrogen) atoms. The Bertz CT molecular complexity index is 865. The van der Waals surface area contributed by atoms with Gasteiger partial charge in [-0.1, -0.05) is 0 Å². The first-order chi connectivity index (χ1) is 12.7. The van der Waals surface area contributed by atoms with E-state index in [9.17, 15) is 8.42 Å². The van der Waals surface area contributed by atoms with Gasteiger partial charge in [-0.05, 0) is 26.7 Å². The van der Waals surface area contributed by atoms with Gasteiger partial charge in [-0.2, -0.15) is 5.10 Å². The number of rotatable bonds is 8. The van der Waals surface area contributed by atoms with Crippen molar-refractivity contribution in [3.05, 3.63) is 29.8 Å². The molecule has 3 rings (SSSR count). The van der Waals surface area contributed by atoms with E-state index in [1.54, 1.807) is 10.9 Å². The highest BCUT2D eigenvalue weighted by Gasteiger charge is 2.25. The van der Waals surface area contributed by atoms with E-state index in [2.05, 4.69) is 28.8 Å². The van der Waals surface area contributed by atoms with Crippen molar-refractivity contribution >= 4 is 9.84 Å². The number of hydrogen-bond acceptors (Lipinski definition) is 6. The number of nitrogens with zero attached hydrogens (tertiary/aromatic N) is 5.